The predicted octanol–water partition coefficient (Wildman–Crippen LogP) is -0.267. The largest absolute Gasteiger partial charge is 0.497 e. The Morgan fingerprint density at radius 3 is 2.45 bits per heavy atom. The van der Waals surface area contributed by atoms with Gasteiger partial charge < -0.3 is 10.1 Å². The molecule has 22 heavy (non-hydrogen) atoms. The van der Waals surface area contributed by atoms with Crippen LogP contribution in [0.2, 0.25) is 0 Å². The number of methoxy groups -OCH3 is 1. The highest BCUT2D eigenvalue weighted by Gasteiger charge is 2.11. The summed E-state index contributed by atoms with van der Waals surface area (Å²) in [5.41, 5.74) is 5.01. The van der Waals surface area contributed by atoms with Gasteiger partial charge in [0, 0.05) is 18.7 Å². The second-order valence-electron chi connectivity index (χ2n) is 4.68. The number of hydrogen-bond acceptors (Lipinski definition) is 5. The maximum Gasteiger partial charge on any atom is 0.252 e. The lowest BCUT2D eigenvalue weighted by Gasteiger charge is -2.16. The molecule has 0 spiro atoms. The summed E-state index contributed by atoms with van der Waals surface area (Å²) in [5, 5.41) is 2.71. The van der Waals surface area contributed by atoms with Crippen molar-refractivity contribution in [2.24, 2.45) is 0 Å². The Morgan fingerprint density at radius 1 is 1.14 bits per heavy atom. The monoisotopic (exact) mass is 308 g/mol. The average Bonchev–Trinajstić information content (AvgIpc) is 2.44. The quantitative estimate of drug-likeness (QED) is 0.628. The zero-order chi connectivity index (χ0) is 16.5. The van der Waals surface area contributed by atoms with Gasteiger partial charge in [0.05, 0.1) is 20.2 Å². The highest BCUT2D eigenvalue weighted by molar-refractivity contribution is 5.92. The SMILES string of the molecule is COc1cccc(NC(=O)CN(C)CC(=O)NNC(C)=O)c1. The van der Waals surface area contributed by atoms with Crippen LogP contribution in [0.15, 0.2) is 24.3 Å². The molecule has 1 rings (SSSR count). The number of carbonyl (C=O) groups is 3. The van der Waals surface area contributed by atoms with E-state index >= 15 is 0 Å². The molecule has 0 aliphatic heterocycles. The van der Waals surface area contributed by atoms with E-state index in [1.807, 2.05) is 0 Å². The molecule has 120 valence electrons. The Labute approximate surface area is 128 Å². The van der Waals surface area contributed by atoms with Gasteiger partial charge in [-0.3, -0.25) is 30.1 Å². The summed E-state index contributed by atoms with van der Waals surface area (Å²) in [7, 11) is 3.17. The Hall–Kier alpha value is -2.61. The van der Waals surface area contributed by atoms with E-state index in [1.54, 1.807) is 38.4 Å². The third-order valence-corrected chi connectivity index (χ3v) is 2.56. The summed E-state index contributed by atoms with van der Waals surface area (Å²) in [6.45, 7) is 1.29. The van der Waals surface area contributed by atoms with Gasteiger partial charge in [-0.2, -0.15) is 0 Å². The van der Waals surface area contributed by atoms with E-state index in [-0.39, 0.29) is 24.9 Å². The number of rotatable bonds is 6. The minimum Gasteiger partial charge on any atom is -0.497 e. The third-order valence-electron chi connectivity index (χ3n) is 2.56. The van der Waals surface area contributed by atoms with E-state index in [0.717, 1.165) is 0 Å². The molecule has 0 aliphatic rings. The van der Waals surface area contributed by atoms with Gasteiger partial charge >= 0.3 is 0 Å². The van der Waals surface area contributed by atoms with Gasteiger partial charge in [-0.15, -0.1) is 0 Å². The van der Waals surface area contributed by atoms with Crippen molar-refractivity contribution in [1.29, 1.82) is 0 Å². The van der Waals surface area contributed by atoms with Crippen LogP contribution in [0.1, 0.15) is 6.92 Å². The van der Waals surface area contributed by atoms with Crippen LogP contribution >= 0.6 is 0 Å². The molecule has 1 aromatic carbocycles. The van der Waals surface area contributed by atoms with Gasteiger partial charge in [-0.25, -0.2) is 0 Å². The number of anilines is 1. The number of ether oxygens (including phenoxy) is 1. The topological polar surface area (TPSA) is 99.8 Å². The first-order valence-corrected chi connectivity index (χ1v) is 6.58. The van der Waals surface area contributed by atoms with Crippen molar-refractivity contribution in [3.05, 3.63) is 24.3 Å². The van der Waals surface area contributed by atoms with Crippen LogP contribution in [0.25, 0.3) is 0 Å². The van der Waals surface area contributed by atoms with Crippen molar-refractivity contribution in [3.63, 3.8) is 0 Å². The third kappa shape index (κ3) is 6.71. The first-order chi connectivity index (χ1) is 10.4. The fourth-order valence-corrected chi connectivity index (χ4v) is 1.64. The summed E-state index contributed by atoms with van der Waals surface area (Å²) in [4.78, 5) is 35.5. The fraction of sp³-hybridized carbons (Fsp3) is 0.357. The Balaban J connectivity index is 2.40. The van der Waals surface area contributed by atoms with Crippen LogP contribution < -0.4 is 20.9 Å². The first kappa shape index (κ1) is 17.4. The molecule has 0 radical (unpaired) electrons. The molecule has 8 nitrogen and oxygen atoms in total. The van der Waals surface area contributed by atoms with Crippen molar-refractivity contribution in [1.82, 2.24) is 15.8 Å². The smallest absolute Gasteiger partial charge is 0.252 e. The Bertz CT molecular complexity index is 547. The second-order valence-corrected chi connectivity index (χ2v) is 4.68. The molecule has 0 bridgehead atoms. The van der Waals surface area contributed by atoms with Gasteiger partial charge in [0.1, 0.15) is 5.75 Å². The van der Waals surface area contributed by atoms with Crippen molar-refractivity contribution in [2.45, 2.75) is 6.92 Å². The lowest BCUT2D eigenvalue weighted by molar-refractivity contribution is -0.128. The molecule has 3 amide bonds. The van der Waals surface area contributed by atoms with Crippen LogP contribution in [0.5, 0.6) is 5.75 Å². The summed E-state index contributed by atoms with van der Waals surface area (Å²) in [6.07, 6.45) is 0. The van der Waals surface area contributed by atoms with E-state index in [2.05, 4.69) is 16.2 Å². The van der Waals surface area contributed by atoms with Gasteiger partial charge in [-0.1, -0.05) is 6.07 Å². The van der Waals surface area contributed by atoms with Crippen molar-refractivity contribution in [2.75, 3.05) is 32.6 Å². The van der Waals surface area contributed by atoms with E-state index in [4.69, 9.17) is 4.74 Å². The predicted molar refractivity (Wildman–Crippen MR) is 81.1 cm³/mol. The van der Waals surface area contributed by atoms with Crippen LogP contribution in [0.4, 0.5) is 5.69 Å². The summed E-state index contributed by atoms with van der Waals surface area (Å²) in [5.74, 6) is -0.400. The molecular formula is C14H20N4O4. The Kier molecular flexibility index (Phi) is 6.84. The average molecular weight is 308 g/mol. The molecule has 0 aliphatic carbocycles. The summed E-state index contributed by atoms with van der Waals surface area (Å²) >= 11 is 0. The van der Waals surface area contributed by atoms with Crippen LogP contribution in [0.3, 0.4) is 0 Å². The molecular weight excluding hydrogens is 288 g/mol. The van der Waals surface area contributed by atoms with E-state index in [1.165, 1.54) is 11.8 Å². The van der Waals surface area contributed by atoms with Crippen LogP contribution in [0, 0.1) is 0 Å². The van der Waals surface area contributed by atoms with Crippen LogP contribution in [-0.2, 0) is 14.4 Å². The highest BCUT2D eigenvalue weighted by Crippen LogP contribution is 2.16. The number of nitrogens with zero attached hydrogens (tertiary/aromatic N) is 1. The standard InChI is InChI=1S/C14H20N4O4/c1-10(19)16-17-14(21)9-18(2)8-13(20)15-11-5-4-6-12(7-11)22-3/h4-7H,8-9H2,1-3H3,(H,15,20)(H,16,19)(H,17,21). The normalized spacial score (nSPS) is 10.0. The number of hydrogen-bond donors (Lipinski definition) is 3. The van der Waals surface area contributed by atoms with E-state index in [9.17, 15) is 14.4 Å². The van der Waals surface area contributed by atoms with Gasteiger partial charge in [-0.05, 0) is 19.2 Å². The fourth-order valence-electron chi connectivity index (χ4n) is 1.64. The van der Waals surface area contributed by atoms with Gasteiger partial charge in [0.25, 0.3) is 5.91 Å². The van der Waals surface area contributed by atoms with Crippen molar-refractivity contribution < 1.29 is 19.1 Å². The number of amides is 3. The second kappa shape index (κ2) is 8.63. The number of likely N-dealkylation sites (N-methyl/N-ethyl adjacent to an activating group) is 1. The molecule has 8 heteroatoms. The van der Waals surface area contributed by atoms with Gasteiger partial charge in [0.15, 0.2) is 0 Å². The first-order valence-electron chi connectivity index (χ1n) is 6.58. The maximum absolute atomic E-state index is 11.9. The number of hydrazine groups is 1. The van der Waals surface area contributed by atoms with Crippen LogP contribution in [-0.4, -0.2) is 49.9 Å². The molecule has 0 fully saturated rings. The highest BCUT2D eigenvalue weighted by atomic mass is 16.5. The molecule has 0 saturated carbocycles. The molecule has 0 aromatic heterocycles. The zero-order valence-corrected chi connectivity index (χ0v) is 12.8. The van der Waals surface area contributed by atoms with Gasteiger partial charge in [0.2, 0.25) is 11.8 Å². The Morgan fingerprint density at radius 2 is 1.82 bits per heavy atom. The molecule has 0 heterocycles. The molecule has 3 N–H and O–H groups in total. The molecule has 1 aromatic rings. The van der Waals surface area contributed by atoms with E-state index < -0.39 is 5.91 Å². The lowest BCUT2D eigenvalue weighted by atomic mass is 10.3. The van der Waals surface area contributed by atoms with Crippen molar-refractivity contribution in [3.8, 4) is 5.75 Å². The summed E-state index contributed by atoms with van der Waals surface area (Å²) < 4.78 is 5.07. The molecule has 0 unspecified atom stereocenters. The zero-order valence-electron chi connectivity index (χ0n) is 12.8. The number of nitrogens with one attached hydrogen (secondary N) is 3. The minimum atomic E-state index is -0.410. The maximum atomic E-state index is 11.9. The number of benzene rings is 1. The summed E-state index contributed by atoms with van der Waals surface area (Å²) in [6, 6.07) is 6.97. The number of carbonyl (C=O) groups excluding carboxylic acids is 3. The van der Waals surface area contributed by atoms with Crippen molar-refractivity contribution >= 4 is 23.4 Å². The molecule has 0 atom stereocenters. The molecule has 0 saturated heterocycles. The lowest BCUT2D eigenvalue weighted by Crippen LogP contribution is -2.46. The minimum absolute atomic E-state index is 0.0220. The van der Waals surface area contributed by atoms with E-state index in [0.29, 0.717) is 11.4 Å².